The molecular weight excluding hydrogens is 341 g/mol. The molecule has 1 aliphatic rings. The van der Waals surface area contributed by atoms with Crippen molar-refractivity contribution in [2.75, 3.05) is 39.8 Å². The minimum absolute atomic E-state index is 0.159. The normalized spacial score (nSPS) is 17.8. The van der Waals surface area contributed by atoms with Crippen molar-refractivity contribution in [2.45, 2.75) is 12.5 Å². The summed E-state index contributed by atoms with van der Waals surface area (Å²) in [4.78, 5) is 26.0. The number of carboxylic acid groups (broad SMARTS) is 1. The number of hydrogen-bond donors (Lipinski definition) is 1. The van der Waals surface area contributed by atoms with E-state index in [4.69, 9.17) is 9.84 Å². The Morgan fingerprint density at radius 3 is 2.64 bits per heavy atom. The molecule has 6 nitrogen and oxygen atoms in total. The maximum Gasteiger partial charge on any atom is 0.317 e. The van der Waals surface area contributed by atoms with E-state index in [1.807, 2.05) is 0 Å². The summed E-state index contributed by atoms with van der Waals surface area (Å²) >= 11 is 0. The number of carbonyl (C=O) groups excluding carboxylic acids is 1. The van der Waals surface area contributed by atoms with E-state index in [1.165, 1.54) is 4.90 Å². The second-order valence-corrected chi connectivity index (χ2v) is 5.96. The van der Waals surface area contributed by atoms with Crippen LogP contribution in [0.2, 0.25) is 0 Å². The van der Waals surface area contributed by atoms with Gasteiger partial charge in [-0.3, -0.25) is 14.5 Å². The van der Waals surface area contributed by atoms with Gasteiger partial charge >= 0.3 is 5.97 Å². The number of likely N-dealkylation sites (N-methyl/N-ethyl adjacent to an activating group) is 1. The predicted octanol–water partition coefficient (Wildman–Crippen LogP) is 0.890. The number of hydrogen-bond acceptors (Lipinski definition) is 4. The number of benzene rings is 1. The zero-order valence-corrected chi connectivity index (χ0v) is 13.7. The number of amides is 1. The van der Waals surface area contributed by atoms with Gasteiger partial charge < -0.3 is 14.7 Å². The van der Waals surface area contributed by atoms with Crippen molar-refractivity contribution in [1.29, 1.82) is 0 Å². The second-order valence-electron chi connectivity index (χ2n) is 5.96. The lowest BCUT2D eigenvalue weighted by molar-refractivity contribution is -0.142. The molecule has 1 fully saturated rings. The monoisotopic (exact) mass is 360 g/mol. The third-order valence-corrected chi connectivity index (χ3v) is 3.84. The van der Waals surface area contributed by atoms with Crippen LogP contribution in [0.15, 0.2) is 12.1 Å². The van der Waals surface area contributed by atoms with E-state index in [-0.39, 0.29) is 37.8 Å². The van der Waals surface area contributed by atoms with Crippen LogP contribution in [0.25, 0.3) is 0 Å². The zero-order valence-electron chi connectivity index (χ0n) is 13.7. The van der Waals surface area contributed by atoms with Crippen LogP contribution in [0.4, 0.5) is 13.2 Å². The van der Waals surface area contributed by atoms with Gasteiger partial charge in [-0.05, 0) is 13.1 Å². The van der Waals surface area contributed by atoms with Gasteiger partial charge in [-0.1, -0.05) is 0 Å². The number of nitrogens with zero attached hydrogens (tertiary/aromatic N) is 2. The summed E-state index contributed by atoms with van der Waals surface area (Å²) in [5.41, 5.74) is -0.213. The number of ether oxygens (including phenoxy) is 1. The highest BCUT2D eigenvalue weighted by molar-refractivity contribution is 5.79. The van der Waals surface area contributed by atoms with E-state index in [1.54, 1.807) is 11.9 Å². The SMILES string of the molecule is CN(CC(=O)O)CC1CN(C(=O)Cc2cc(F)c(F)cc2F)CCO1. The van der Waals surface area contributed by atoms with Crippen molar-refractivity contribution in [3.8, 4) is 0 Å². The molecule has 1 aliphatic heterocycles. The van der Waals surface area contributed by atoms with Crippen LogP contribution in [0.3, 0.4) is 0 Å². The minimum atomic E-state index is -1.30. The van der Waals surface area contributed by atoms with Crippen LogP contribution in [0.5, 0.6) is 0 Å². The molecule has 1 amide bonds. The van der Waals surface area contributed by atoms with Crippen LogP contribution in [-0.2, 0) is 20.7 Å². The minimum Gasteiger partial charge on any atom is -0.480 e. The van der Waals surface area contributed by atoms with Gasteiger partial charge in [0.1, 0.15) is 5.82 Å². The van der Waals surface area contributed by atoms with Gasteiger partial charge in [0.05, 0.1) is 25.7 Å². The first kappa shape index (κ1) is 19.2. The fourth-order valence-electron chi connectivity index (χ4n) is 2.67. The Morgan fingerprint density at radius 1 is 1.28 bits per heavy atom. The molecule has 1 heterocycles. The fourth-order valence-corrected chi connectivity index (χ4v) is 2.67. The van der Waals surface area contributed by atoms with Gasteiger partial charge in [0.15, 0.2) is 11.6 Å². The van der Waals surface area contributed by atoms with Crippen LogP contribution < -0.4 is 0 Å². The standard InChI is InChI=1S/C16H19F3N2O4/c1-20(9-16(23)24)7-11-8-21(2-3-25-11)15(22)5-10-4-13(18)14(19)6-12(10)17/h4,6,11H,2-3,5,7-9H2,1H3,(H,23,24). The molecule has 1 aromatic rings. The number of halogens is 3. The van der Waals surface area contributed by atoms with E-state index < -0.39 is 29.3 Å². The topological polar surface area (TPSA) is 70.1 Å². The van der Waals surface area contributed by atoms with E-state index in [2.05, 4.69) is 0 Å². The summed E-state index contributed by atoms with van der Waals surface area (Å²) in [5.74, 6) is -4.89. The molecule has 1 saturated heterocycles. The highest BCUT2D eigenvalue weighted by atomic mass is 19.2. The van der Waals surface area contributed by atoms with Crippen LogP contribution in [0.1, 0.15) is 5.56 Å². The molecule has 1 aromatic carbocycles. The van der Waals surface area contributed by atoms with Crippen LogP contribution in [0, 0.1) is 17.5 Å². The van der Waals surface area contributed by atoms with E-state index >= 15 is 0 Å². The molecular formula is C16H19F3N2O4. The first-order valence-corrected chi connectivity index (χ1v) is 7.69. The molecule has 138 valence electrons. The summed E-state index contributed by atoms with van der Waals surface area (Å²) in [7, 11) is 1.62. The third kappa shape index (κ3) is 5.43. The van der Waals surface area contributed by atoms with Crippen LogP contribution in [-0.4, -0.2) is 72.7 Å². The summed E-state index contributed by atoms with van der Waals surface area (Å²) in [6, 6.07) is 1.10. The van der Waals surface area contributed by atoms with Crippen molar-refractivity contribution in [1.82, 2.24) is 9.80 Å². The summed E-state index contributed by atoms with van der Waals surface area (Å²) in [6.07, 6.45) is -0.766. The van der Waals surface area contributed by atoms with Crippen molar-refractivity contribution < 1.29 is 32.6 Å². The highest BCUT2D eigenvalue weighted by Gasteiger charge is 2.26. The van der Waals surface area contributed by atoms with Gasteiger partial charge in [-0.2, -0.15) is 0 Å². The molecule has 0 spiro atoms. The smallest absolute Gasteiger partial charge is 0.317 e. The molecule has 2 rings (SSSR count). The van der Waals surface area contributed by atoms with Crippen molar-refractivity contribution in [3.63, 3.8) is 0 Å². The average molecular weight is 360 g/mol. The van der Waals surface area contributed by atoms with E-state index in [9.17, 15) is 22.8 Å². The molecule has 9 heteroatoms. The lowest BCUT2D eigenvalue weighted by Gasteiger charge is -2.34. The van der Waals surface area contributed by atoms with E-state index in [0.717, 1.165) is 0 Å². The molecule has 0 aliphatic carbocycles. The van der Waals surface area contributed by atoms with Gasteiger partial charge in [0.2, 0.25) is 5.91 Å². The van der Waals surface area contributed by atoms with Gasteiger partial charge in [0.25, 0.3) is 0 Å². The van der Waals surface area contributed by atoms with Gasteiger partial charge in [-0.25, -0.2) is 13.2 Å². The molecule has 0 bridgehead atoms. The lowest BCUT2D eigenvalue weighted by Crippen LogP contribution is -2.50. The number of aliphatic carboxylic acids is 1. The molecule has 0 saturated carbocycles. The zero-order chi connectivity index (χ0) is 18.6. The second kappa shape index (κ2) is 8.30. The molecule has 1 atom stereocenters. The molecule has 0 aromatic heterocycles. The Labute approximate surface area is 142 Å². The average Bonchev–Trinajstić information content (AvgIpc) is 2.52. The maximum absolute atomic E-state index is 13.7. The van der Waals surface area contributed by atoms with Gasteiger partial charge in [0, 0.05) is 31.3 Å². The quantitative estimate of drug-likeness (QED) is 0.763. The number of carboxylic acids is 1. The van der Waals surface area contributed by atoms with Crippen LogP contribution >= 0.6 is 0 Å². The number of carbonyl (C=O) groups is 2. The van der Waals surface area contributed by atoms with Crippen molar-refractivity contribution in [3.05, 3.63) is 35.1 Å². The predicted molar refractivity (Wildman–Crippen MR) is 81.5 cm³/mol. The first-order valence-electron chi connectivity index (χ1n) is 7.69. The molecule has 1 unspecified atom stereocenters. The summed E-state index contributed by atoms with van der Waals surface area (Å²) in [5, 5.41) is 8.75. The molecule has 25 heavy (non-hydrogen) atoms. The van der Waals surface area contributed by atoms with Crippen molar-refractivity contribution in [2.24, 2.45) is 0 Å². The summed E-state index contributed by atoms with van der Waals surface area (Å²) in [6.45, 7) is 0.929. The summed E-state index contributed by atoms with van der Waals surface area (Å²) < 4.78 is 45.3. The third-order valence-electron chi connectivity index (χ3n) is 3.84. The molecule has 1 N–H and O–H groups in total. The number of rotatable bonds is 6. The Morgan fingerprint density at radius 2 is 1.96 bits per heavy atom. The Bertz CT molecular complexity index is 657. The van der Waals surface area contributed by atoms with Gasteiger partial charge in [-0.15, -0.1) is 0 Å². The molecule has 0 radical (unpaired) electrons. The maximum atomic E-state index is 13.7. The lowest BCUT2D eigenvalue weighted by atomic mass is 10.1. The first-order chi connectivity index (χ1) is 11.8. The Kier molecular flexibility index (Phi) is 6.38. The Balaban J connectivity index is 1.95. The largest absolute Gasteiger partial charge is 0.480 e. The number of morpholine rings is 1. The highest BCUT2D eigenvalue weighted by Crippen LogP contribution is 2.16. The van der Waals surface area contributed by atoms with Crippen molar-refractivity contribution >= 4 is 11.9 Å². The Hall–Kier alpha value is -2.13. The fraction of sp³-hybridized carbons (Fsp3) is 0.500. The van der Waals surface area contributed by atoms with E-state index in [0.29, 0.717) is 25.2 Å².